The molecule has 2 atom stereocenters. The fraction of sp³-hybridized carbons (Fsp3) is 0.375. The Bertz CT molecular complexity index is 1260. The second kappa shape index (κ2) is 10.8. The van der Waals surface area contributed by atoms with Crippen LogP contribution in [0.2, 0.25) is 0 Å². The van der Waals surface area contributed by atoms with Gasteiger partial charge in [-0.05, 0) is 5.57 Å². The van der Waals surface area contributed by atoms with Crippen molar-refractivity contribution >= 4 is 64.0 Å². The van der Waals surface area contributed by atoms with Crippen molar-refractivity contribution < 1.29 is 67.4 Å². The van der Waals surface area contributed by atoms with Crippen molar-refractivity contribution in [1.29, 1.82) is 5.41 Å². The number of carboxylic acid groups (broad SMARTS) is 1. The molecule has 4 heterocycles. The van der Waals surface area contributed by atoms with Crippen LogP contribution in [0.4, 0.5) is 13.2 Å². The number of carbonyl (C=O) groups is 3. The van der Waals surface area contributed by atoms with Crippen LogP contribution in [0.15, 0.2) is 21.0 Å². The minimum atomic E-state index is -4.63. The van der Waals surface area contributed by atoms with Crippen LogP contribution in [0.3, 0.4) is 0 Å². The van der Waals surface area contributed by atoms with E-state index in [9.17, 15) is 37.9 Å². The van der Waals surface area contributed by atoms with Gasteiger partial charge in [0.2, 0.25) is 15.7 Å². The molecule has 2 aliphatic rings. The SMILES string of the molecule is N=c1scc(CC(=O)NC2C(=O)N3C(C(=O)[O-])=C(CSc4nnc(C(F)(F)F)s4)CS[C@@H]23)n1O.[Na+]. The van der Waals surface area contributed by atoms with Gasteiger partial charge in [-0.1, -0.05) is 23.1 Å². The molecule has 0 spiro atoms. The minimum absolute atomic E-state index is 0. The van der Waals surface area contributed by atoms with Crippen molar-refractivity contribution in [2.45, 2.75) is 28.4 Å². The fourth-order valence-corrected chi connectivity index (χ4v) is 7.03. The molecule has 19 heteroatoms. The van der Waals surface area contributed by atoms with Crippen molar-refractivity contribution in [3.8, 4) is 0 Å². The number of nitrogens with one attached hydrogen (secondary N) is 2. The summed E-state index contributed by atoms with van der Waals surface area (Å²) < 4.78 is 38.6. The van der Waals surface area contributed by atoms with E-state index in [1.54, 1.807) is 0 Å². The largest absolute Gasteiger partial charge is 1.00 e. The third-order valence-corrected chi connectivity index (χ3v) is 9.00. The van der Waals surface area contributed by atoms with Crippen LogP contribution in [0.5, 0.6) is 0 Å². The number of aliphatic carboxylic acids is 1. The first-order valence-electron chi connectivity index (χ1n) is 9.11. The number of fused-ring (bicyclic) bond motifs is 1. The number of thiazole rings is 1. The zero-order chi connectivity index (χ0) is 24.8. The van der Waals surface area contributed by atoms with E-state index in [2.05, 4.69) is 15.5 Å². The maximum atomic E-state index is 12.7. The Kier molecular flexibility index (Phi) is 8.65. The number of amides is 2. The summed E-state index contributed by atoms with van der Waals surface area (Å²) >= 11 is 3.30. The first kappa shape index (κ1) is 28.0. The number of hydrogen-bond donors (Lipinski definition) is 3. The molecular weight excluding hydrogens is 564 g/mol. The normalized spacial score (nSPS) is 19.6. The molecule has 0 aromatic carbocycles. The number of carbonyl (C=O) groups excluding carboxylic acids is 3. The number of rotatable bonds is 7. The Balaban J connectivity index is 0.00000342. The Morgan fingerprint density at radius 1 is 1.37 bits per heavy atom. The number of β-lactam (4-membered cyclic amide) rings is 1. The number of aromatic nitrogens is 3. The summed E-state index contributed by atoms with van der Waals surface area (Å²) in [6, 6.07) is -1.00. The Morgan fingerprint density at radius 2 is 2.09 bits per heavy atom. The number of carboxylic acids is 1. The zero-order valence-corrected chi connectivity index (χ0v) is 22.8. The van der Waals surface area contributed by atoms with E-state index >= 15 is 0 Å². The molecule has 11 nitrogen and oxygen atoms in total. The van der Waals surface area contributed by atoms with Crippen molar-refractivity contribution in [3.63, 3.8) is 0 Å². The van der Waals surface area contributed by atoms with Crippen LogP contribution in [0.1, 0.15) is 10.7 Å². The van der Waals surface area contributed by atoms with Crippen LogP contribution >= 0.6 is 46.2 Å². The summed E-state index contributed by atoms with van der Waals surface area (Å²) in [7, 11) is 0. The number of halogens is 3. The van der Waals surface area contributed by atoms with E-state index in [-0.39, 0.29) is 73.6 Å². The first-order valence-corrected chi connectivity index (χ1v) is 12.8. The Hall–Kier alpha value is -1.57. The molecule has 182 valence electrons. The standard InChI is InChI=1S/C16H13F3N6O5S4.Na/c17-16(18,19)13-22-23-15(34-13)33-3-5-2-31-11-8(10(27)24(11)9(5)12(28)29)21-7(26)1-6-4-32-14(20)25(6)30;/h4,8,11,20,30H,1-3H2,(H,21,26)(H,28,29);/q;+1/p-1/t8?,11-;/m0./s1. The van der Waals surface area contributed by atoms with E-state index in [1.807, 2.05) is 0 Å². The predicted molar refractivity (Wildman–Crippen MR) is 112 cm³/mol. The number of nitrogens with zero attached hydrogens (tertiary/aromatic N) is 4. The molecule has 1 unspecified atom stereocenters. The van der Waals surface area contributed by atoms with Gasteiger partial charge in [0.1, 0.15) is 11.4 Å². The average Bonchev–Trinajstić information content (AvgIpc) is 3.37. The van der Waals surface area contributed by atoms with Gasteiger partial charge in [0.05, 0.1) is 23.8 Å². The van der Waals surface area contributed by atoms with Crippen LogP contribution in [-0.4, -0.2) is 65.7 Å². The molecule has 0 aliphatic carbocycles. The van der Waals surface area contributed by atoms with Crippen molar-refractivity contribution in [2.24, 2.45) is 0 Å². The Morgan fingerprint density at radius 3 is 2.66 bits per heavy atom. The summed E-state index contributed by atoms with van der Waals surface area (Å²) in [5, 5.41) is 37.5. The summed E-state index contributed by atoms with van der Waals surface area (Å²) in [6.07, 6.45) is -4.92. The molecule has 1 saturated heterocycles. The van der Waals surface area contributed by atoms with Crippen LogP contribution in [0, 0.1) is 5.41 Å². The topological polar surface area (TPSA) is 164 Å². The maximum Gasteiger partial charge on any atom is 1.00 e. The molecule has 2 aromatic heterocycles. The monoisotopic (exact) mass is 576 g/mol. The van der Waals surface area contributed by atoms with Gasteiger partial charge in [0.25, 0.3) is 5.91 Å². The smallest absolute Gasteiger partial charge is 0.543 e. The molecule has 35 heavy (non-hydrogen) atoms. The zero-order valence-electron chi connectivity index (χ0n) is 17.5. The van der Waals surface area contributed by atoms with Crippen LogP contribution in [0.25, 0.3) is 0 Å². The minimum Gasteiger partial charge on any atom is -0.543 e. The predicted octanol–water partition coefficient (Wildman–Crippen LogP) is -3.12. The Labute approximate surface area is 232 Å². The van der Waals surface area contributed by atoms with Gasteiger partial charge in [-0.15, -0.1) is 33.3 Å². The molecule has 2 aromatic rings. The maximum absolute atomic E-state index is 12.7. The number of hydrogen-bond acceptors (Lipinski definition) is 12. The van der Waals surface area contributed by atoms with E-state index in [0.29, 0.717) is 16.1 Å². The number of alkyl halides is 3. The van der Waals surface area contributed by atoms with Crippen LogP contribution < -0.4 is 44.8 Å². The summed E-state index contributed by atoms with van der Waals surface area (Å²) in [4.78, 5) is 37.5. The van der Waals surface area contributed by atoms with E-state index < -0.39 is 40.4 Å². The third kappa shape index (κ3) is 5.72. The van der Waals surface area contributed by atoms with Gasteiger partial charge in [0.15, 0.2) is 4.34 Å². The fourth-order valence-electron chi connectivity index (χ4n) is 3.17. The molecule has 0 bridgehead atoms. The van der Waals surface area contributed by atoms with Gasteiger partial charge in [-0.3, -0.25) is 19.9 Å². The van der Waals surface area contributed by atoms with Gasteiger partial charge >= 0.3 is 35.7 Å². The third-order valence-electron chi connectivity index (χ3n) is 4.69. The second-order valence-corrected chi connectivity index (χ2v) is 11.0. The summed E-state index contributed by atoms with van der Waals surface area (Å²) in [6.45, 7) is 0. The van der Waals surface area contributed by atoms with E-state index in [1.165, 1.54) is 17.1 Å². The van der Waals surface area contributed by atoms with E-state index in [0.717, 1.165) is 28.0 Å². The van der Waals surface area contributed by atoms with Crippen molar-refractivity contribution in [1.82, 2.24) is 25.1 Å². The quantitative estimate of drug-likeness (QED) is 0.134. The molecule has 4 rings (SSSR count). The summed E-state index contributed by atoms with van der Waals surface area (Å²) in [5.41, 5.74) is 0.0558. The molecular formula is C16H12F3N6NaO5S4. The van der Waals surface area contributed by atoms with Crippen molar-refractivity contribution in [3.05, 3.63) is 32.2 Å². The molecule has 2 amide bonds. The van der Waals surface area contributed by atoms with Gasteiger partial charge in [-0.2, -0.15) is 17.9 Å². The second-order valence-electron chi connectivity index (χ2n) is 6.87. The summed E-state index contributed by atoms with van der Waals surface area (Å²) in [5.74, 6) is -2.79. The first-order chi connectivity index (χ1) is 16.0. The van der Waals surface area contributed by atoms with Gasteiger partial charge in [-0.25, -0.2) is 0 Å². The van der Waals surface area contributed by atoms with Gasteiger partial charge < -0.3 is 20.4 Å². The molecule has 1 fully saturated rings. The van der Waals surface area contributed by atoms with Crippen molar-refractivity contribution in [2.75, 3.05) is 11.5 Å². The molecule has 0 radical (unpaired) electrons. The molecule has 0 saturated carbocycles. The van der Waals surface area contributed by atoms with E-state index in [4.69, 9.17) is 5.41 Å². The molecule has 3 N–H and O–H groups in total. The number of thioether (sulfide) groups is 2. The van der Waals surface area contributed by atoms with Gasteiger partial charge in [0, 0.05) is 16.9 Å². The average molecular weight is 577 g/mol. The molecule has 2 aliphatic heterocycles. The van der Waals surface area contributed by atoms with Crippen LogP contribution in [-0.2, 0) is 27.0 Å².